The van der Waals surface area contributed by atoms with Gasteiger partial charge in [-0.25, -0.2) is 0 Å². The van der Waals surface area contributed by atoms with E-state index in [0.717, 1.165) is 16.8 Å². The summed E-state index contributed by atoms with van der Waals surface area (Å²) in [5.74, 6) is 0. The molecule has 0 amide bonds. The van der Waals surface area contributed by atoms with Crippen molar-refractivity contribution in [2.75, 3.05) is 0 Å². The summed E-state index contributed by atoms with van der Waals surface area (Å²) in [5.41, 5.74) is 9.84. The van der Waals surface area contributed by atoms with Crippen molar-refractivity contribution in [3.05, 3.63) is 205 Å². The minimum absolute atomic E-state index is 0.0362. The molecule has 0 saturated heterocycles. The topological polar surface area (TPSA) is 24.4 Å². The van der Waals surface area contributed by atoms with Crippen LogP contribution >= 0.6 is 0 Å². The Kier molecular flexibility index (Phi) is 6.90. The quantitative estimate of drug-likeness (QED) is 0.184. The third-order valence-corrected chi connectivity index (χ3v) is 10.6. The molecule has 240 valence electrons. The van der Waals surface area contributed by atoms with E-state index in [4.69, 9.17) is 4.99 Å². The highest BCUT2D eigenvalue weighted by atomic mass is 15.2. The van der Waals surface area contributed by atoms with Crippen LogP contribution < -0.4 is 5.32 Å². The van der Waals surface area contributed by atoms with Crippen molar-refractivity contribution in [3.63, 3.8) is 0 Å². The third-order valence-electron chi connectivity index (χ3n) is 10.6. The highest BCUT2D eigenvalue weighted by Gasteiger charge is 2.43. The van der Waals surface area contributed by atoms with Crippen LogP contribution in [0.2, 0.25) is 0 Å². The summed E-state index contributed by atoms with van der Waals surface area (Å²) in [6.07, 6.45) is 8.53. The lowest BCUT2D eigenvalue weighted by atomic mass is 9.83. The molecule has 2 aliphatic rings. The number of nitrogens with zero attached hydrogens (tertiary/aromatic N) is 1. The van der Waals surface area contributed by atoms with Crippen molar-refractivity contribution < 1.29 is 0 Å². The van der Waals surface area contributed by atoms with Crippen LogP contribution in [0.1, 0.15) is 11.1 Å². The lowest BCUT2D eigenvalue weighted by Crippen LogP contribution is -2.43. The zero-order valence-electron chi connectivity index (χ0n) is 28.0. The second kappa shape index (κ2) is 11.9. The molecule has 2 unspecified atom stereocenters. The average Bonchev–Trinajstić information content (AvgIpc) is 3.61. The fourth-order valence-corrected chi connectivity index (χ4v) is 8.29. The Hall–Kier alpha value is -6.35. The van der Waals surface area contributed by atoms with Crippen LogP contribution in [0.5, 0.6) is 0 Å². The highest BCUT2D eigenvalue weighted by molar-refractivity contribution is 6.21. The molecule has 1 N–H and O–H groups in total. The number of hydrogen-bond acceptors (Lipinski definition) is 2. The van der Waals surface area contributed by atoms with E-state index < -0.39 is 5.66 Å². The SMILES string of the molecule is C1=CC2=NC(c3ccc(-c4c5ccccc5c(-c5ccc6ccccc6c5)c5ccccc45)cc3)(c3ccccc3-c3ccccc3)NC2C=C1. The number of hydrogen-bond donors (Lipinski definition) is 1. The first-order chi connectivity index (χ1) is 25.3. The lowest BCUT2D eigenvalue weighted by Gasteiger charge is -2.31. The van der Waals surface area contributed by atoms with Gasteiger partial charge < -0.3 is 0 Å². The first kappa shape index (κ1) is 29.6. The maximum absolute atomic E-state index is 5.50. The Morgan fingerprint density at radius 3 is 1.76 bits per heavy atom. The molecule has 2 atom stereocenters. The summed E-state index contributed by atoms with van der Waals surface area (Å²) in [5, 5.41) is 11.5. The van der Waals surface area contributed by atoms with E-state index in [-0.39, 0.29) is 6.04 Å². The molecular formula is C49H34N2. The smallest absolute Gasteiger partial charge is 0.164 e. The molecule has 8 aromatic rings. The molecule has 1 heterocycles. The fraction of sp³-hybridized carbons (Fsp3) is 0.0408. The van der Waals surface area contributed by atoms with Gasteiger partial charge in [-0.05, 0) is 83.4 Å². The number of fused-ring (bicyclic) bond motifs is 4. The molecule has 0 fully saturated rings. The predicted octanol–water partition coefficient (Wildman–Crippen LogP) is 11.9. The molecule has 0 spiro atoms. The van der Waals surface area contributed by atoms with Crippen molar-refractivity contribution >= 4 is 38.0 Å². The predicted molar refractivity (Wildman–Crippen MR) is 215 cm³/mol. The number of benzene rings is 8. The fourth-order valence-electron chi connectivity index (χ4n) is 8.29. The van der Waals surface area contributed by atoms with E-state index in [1.807, 2.05) is 0 Å². The van der Waals surface area contributed by atoms with E-state index in [2.05, 4.69) is 199 Å². The van der Waals surface area contributed by atoms with Gasteiger partial charge in [0.15, 0.2) is 5.66 Å². The first-order valence-corrected chi connectivity index (χ1v) is 17.7. The molecule has 1 aliphatic heterocycles. The van der Waals surface area contributed by atoms with E-state index >= 15 is 0 Å². The summed E-state index contributed by atoms with van der Waals surface area (Å²) in [6.45, 7) is 0. The Balaban J connectivity index is 1.17. The third kappa shape index (κ3) is 4.80. The number of aliphatic imine (C=N–C) groups is 1. The summed E-state index contributed by atoms with van der Waals surface area (Å²) < 4.78 is 0. The summed E-state index contributed by atoms with van der Waals surface area (Å²) >= 11 is 0. The number of rotatable bonds is 5. The van der Waals surface area contributed by atoms with Gasteiger partial charge in [0.25, 0.3) is 0 Å². The van der Waals surface area contributed by atoms with Crippen molar-refractivity contribution in [2.24, 2.45) is 4.99 Å². The molecule has 2 nitrogen and oxygen atoms in total. The van der Waals surface area contributed by atoms with Gasteiger partial charge in [-0.3, -0.25) is 10.3 Å². The van der Waals surface area contributed by atoms with E-state index in [1.54, 1.807) is 0 Å². The van der Waals surface area contributed by atoms with Crippen LogP contribution in [0.15, 0.2) is 199 Å². The van der Waals surface area contributed by atoms with Gasteiger partial charge in [-0.1, -0.05) is 182 Å². The molecule has 0 radical (unpaired) electrons. The zero-order chi connectivity index (χ0) is 33.8. The van der Waals surface area contributed by atoms with Crippen molar-refractivity contribution in [3.8, 4) is 33.4 Å². The summed E-state index contributed by atoms with van der Waals surface area (Å²) in [6, 6.07) is 61.7. The lowest BCUT2D eigenvalue weighted by molar-refractivity contribution is 0.455. The van der Waals surface area contributed by atoms with Crippen LogP contribution in [-0.2, 0) is 5.66 Å². The van der Waals surface area contributed by atoms with Gasteiger partial charge in [-0.2, -0.15) is 0 Å². The number of allylic oxidation sites excluding steroid dienone is 2. The molecule has 0 saturated carbocycles. The zero-order valence-corrected chi connectivity index (χ0v) is 28.0. The molecule has 8 aromatic carbocycles. The first-order valence-electron chi connectivity index (χ1n) is 17.7. The minimum Gasteiger partial charge on any atom is -0.274 e. The van der Waals surface area contributed by atoms with Gasteiger partial charge in [-0.15, -0.1) is 0 Å². The molecule has 2 heteroatoms. The Morgan fingerprint density at radius 2 is 1.06 bits per heavy atom. The van der Waals surface area contributed by atoms with Crippen molar-refractivity contribution in [2.45, 2.75) is 11.7 Å². The normalized spacial score (nSPS) is 18.0. The maximum atomic E-state index is 5.50. The second-order valence-electron chi connectivity index (χ2n) is 13.5. The molecule has 1 aliphatic carbocycles. The standard InChI is InChI=1S/C49H34N2/c1-2-15-34(16-3-1)39-18-10-11-23-44(39)49(50-45-24-12-13-25-46(45)51-49)38-30-28-35(29-31-38)47-40-19-6-8-21-42(40)48(43-22-9-7-20-41(43)47)37-27-26-33-14-4-5-17-36(33)32-37/h1-32,45,50H. The van der Waals surface area contributed by atoms with Gasteiger partial charge in [0, 0.05) is 5.56 Å². The largest absolute Gasteiger partial charge is 0.274 e. The molecule has 10 rings (SSSR count). The van der Waals surface area contributed by atoms with Gasteiger partial charge >= 0.3 is 0 Å². The summed E-state index contributed by atoms with van der Waals surface area (Å²) in [4.78, 5) is 5.50. The van der Waals surface area contributed by atoms with Crippen LogP contribution in [0.3, 0.4) is 0 Å². The Labute approximate surface area is 297 Å². The molecule has 0 bridgehead atoms. The van der Waals surface area contributed by atoms with Crippen molar-refractivity contribution in [1.82, 2.24) is 5.32 Å². The van der Waals surface area contributed by atoms with Crippen LogP contribution in [0.25, 0.3) is 65.7 Å². The average molecular weight is 651 g/mol. The minimum atomic E-state index is -0.756. The summed E-state index contributed by atoms with van der Waals surface area (Å²) in [7, 11) is 0. The second-order valence-corrected chi connectivity index (χ2v) is 13.5. The van der Waals surface area contributed by atoms with E-state index in [1.165, 1.54) is 65.7 Å². The molecule has 51 heavy (non-hydrogen) atoms. The highest BCUT2D eigenvalue weighted by Crippen LogP contribution is 2.46. The van der Waals surface area contributed by atoms with Gasteiger partial charge in [0.2, 0.25) is 0 Å². The van der Waals surface area contributed by atoms with Crippen LogP contribution in [0, 0.1) is 0 Å². The molecular weight excluding hydrogens is 617 g/mol. The maximum Gasteiger partial charge on any atom is 0.164 e. The Morgan fingerprint density at radius 1 is 0.471 bits per heavy atom. The monoisotopic (exact) mass is 650 g/mol. The molecule has 0 aromatic heterocycles. The van der Waals surface area contributed by atoms with Gasteiger partial charge in [0.1, 0.15) is 0 Å². The van der Waals surface area contributed by atoms with Crippen LogP contribution in [-0.4, -0.2) is 11.8 Å². The van der Waals surface area contributed by atoms with E-state index in [9.17, 15) is 0 Å². The number of nitrogens with one attached hydrogen (secondary N) is 1. The van der Waals surface area contributed by atoms with Crippen molar-refractivity contribution in [1.29, 1.82) is 0 Å². The van der Waals surface area contributed by atoms with E-state index in [0.29, 0.717) is 0 Å². The Bertz CT molecular complexity index is 2660. The van der Waals surface area contributed by atoms with Gasteiger partial charge in [0.05, 0.1) is 11.8 Å². The van der Waals surface area contributed by atoms with Crippen LogP contribution in [0.4, 0.5) is 0 Å².